The van der Waals surface area contributed by atoms with Gasteiger partial charge in [-0.15, -0.1) is 0 Å². The number of likely N-dealkylation sites (tertiary alicyclic amines) is 1. The summed E-state index contributed by atoms with van der Waals surface area (Å²) >= 11 is -1.85. The van der Waals surface area contributed by atoms with Crippen molar-refractivity contribution < 1.29 is 8.76 Å². The van der Waals surface area contributed by atoms with Crippen molar-refractivity contribution in [2.75, 3.05) is 19.6 Å². The highest BCUT2D eigenvalue weighted by molar-refractivity contribution is 7.77. The molecule has 78 valence electrons. The van der Waals surface area contributed by atoms with E-state index < -0.39 is 11.3 Å². The Morgan fingerprint density at radius 1 is 1.69 bits per heavy atom. The summed E-state index contributed by atoms with van der Waals surface area (Å²) < 4.78 is 21.3. The van der Waals surface area contributed by atoms with E-state index in [1.807, 2.05) is 0 Å². The van der Waals surface area contributed by atoms with E-state index in [0.717, 1.165) is 13.0 Å². The smallest absolute Gasteiger partial charge is 0.231 e. The van der Waals surface area contributed by atoms with Gasteiger partial charge in [-0.25, -0.2) is 8.93 Å². The Hall–Kier alpha value is 0.0300. The second-order valence-corrected chi connectivity index (χ2v) is 4.14. The number of nitrogens with zero attached hydrogens (tertiary/aromatic N) is 1. The van der Waals surface area contributed by atoms with Crippen molar-refractivity contribution in [3.8, 4) is 0 Å². The topological polar surface area (TPSA) is 52.6 Å². The largest absolute Gasteiger partial charge is 0.301 e. The molecule has 2 N–H and O–H groups in total. The summed E-state index contributed by atoms with van der Waals surface area (Å²) in [5.74, 6) is 0. The van der Waals surface area contributed by atoms with Crippen molar-refractivity contribution in [3.63, 3.8) is 0 Å². The standard InChI is InChI=1S/C8H18N2O2S/c1-2-10-7-3-4-8(10)5-6-9-13(11)12/h8-9H,2-7H2,1H3,(H,11,12). The van der Waals surface area contributed by atoms with Crippen LogP contribution in [0.25, 0.3) is 0 Å². The van der Waals surface area contributed by atoms with E-state index in [2.05, 4.69) is 16.5 Å². The number of nitrogens with one attached hydrogen (secondary N) is 1. The lowest BCUT2D eigenvalue weighted by molar-refractivity contribution is 0.256. The van der Waals surface area contributed by atoms with Gasteiger partial charge in [-0.05, 0) is 32.4 Å². The fourth-order valence-corrected chi connectivity index (χ4v) is 2.24. The molecule has 0 aromatic heterocycles. The average molecular weight is 206 g/mol. The Bertz CT molecular complexity index is 178. The van der Waals surface area contributed by atoms with E-state index in [1.165, 1.54) is 19.4 Å². The van der Waals surface area contributed by atoms with Gasteiger partial charge < -0.3 is 4.90 Å². The maximum absolute atomic E-state index is 10.3. The molecule has 1 fully saturated rings. The van der Waals surface area contributed by atoms with Gasteiger partial charge in [0.05, 0.1) is 0 Å². The van der Waals surface area contributed by atoms with Gasteiger partial charge in [0.1, 0.15) is 0 Å². The van der Waals surface area contributed by atoms with Crippen LogP contribution in [0.15, 0.2) is 0 Å². The minimum absolute atomic E-state index is 0.612. The van der Waals surface area contributed by atoms with Crippen LogP contribution in [0.4, 0.5) is 0 Å². The van der Waals surface area contributed by atoms with Crippen LogP contribution in [0.2, 0.25) is 0 Å². The molecule has 0 amide bonds. The zero-order valence-corrected chi connectivity index (χ0v) is 8.85. The van der Waals surface area contributed by atoms with E-state index in [4.69, 9.17) is 4.55 Å². The van der Waals surface area contributed by atoms with Gasteiger partial charge in [-0.2, -0.15) is 0 Å². The Balaban J connectivity index is 2.16. The first-order chi connectivity index (χ1) is 6.24. The third-order valence-electron chi connectivity index (χ3n) is 2.61. The number of hydrogen-bond donors (Lipinski definition) is 2. The zero-order chi connectivity index (χ0) is 9.68. The molecular formula is C8H18N2O2S. The van der Waals surface area contributed by atoms with Gasteiger partial charge in [0.25, 0.3) is 0 Å². The molecule has 0 spiro atoms. The van der Waals surface area contributed by atoms with Crippen molar-refractivity contribution in [1.82, 2.24) is 9.62 Å². The second kappa shape index (κ2) is 5.70. The monoisotopic (exact) mass is 206 g/mol. The van der Waals surface area contributed by atoms with Gasteiger partial charge in [0.15, 0.2) is 0 Å². The van der Waals surface area contributed by atoms with Crippen LogP contribution in [-0.2, 0) is 11.3 Å². The fraction of sp³-hybridized carbons (Fsp3) is 1.00. The van der Waals surface area contributed by atoms with Crippen LogP contribution in [0.3, 0.4) is 0 Å². The van der Waals surface area contributed by atoms with Gasteiger partial charge in [-0.3, -0.25) is 4.55 Å². The average Bonchev–Trinajstić information content (AvgIpc) is 2.51. The quantitative estimate of drug-likeness (QED) is 0.647. The predicted octanol–water partition coefficient (Wildman–Crippen LogP) is 0.587. The molecule has 0 aromatic rings. The fourth-order valence-electron chi connectivity index (χ4n) is 1.95. The minimum Gasteiger partial charge on any atom is -0.301 e. The maximum atomic E-state index is 10.3. The van der Waals surface area contributed by atoms with Crippen LogP contribution >= 0.6 is 0 Å². The van der Waals surface area contributed by atoms with E-state index in [-0.39, 0.29) is 0 Å². The molecule has 1 saturated heterocycles. The normalized spacial score (nSPS) is 26.5. The summed E-state index contributed by atoms with van der Waals surface area (Å²) in [6.45, 7) is 5.07. The summed E-state index contributed by atoms with van der Waals surface area (Å²) in [5.41, 5.74) is 0. The van der Waals surface area contributed by atoms with Crippen molar-refractivity contribution in [2.45, 2.75) is 32.2 Å². The molecule has 0 saturated carbocycles. The van der Waals surface area contributed by atoms with Gasteiger partial charge in [0.2, 0.25) is 11.3 Å². The molecule has 0 aliphatic carbocycles. The van der Waals surface area contributed by atoms with Crippen molar-refractivity contribution in [3.05, 3.63) is 0 Å². The highest BCUT2D eigenvalue weighted by atomic mass is 32.2. The predicted molar refractivity (Wildman–Crippen MR) is 53.7 cm³/mol. The summed E-state index contributed by atoms with van der Waals surface area (Å²) in [7, 11) is 0. The molecule has 2 atom stereocenters. The number of hydrogen-bond acceptors (Lipinski definition) is 2. The van der Waals surface area contributed by atoms with Crippen LogP contribution < -0.4 is 4.72 Å². The van der Waals surface area contributed by atoms with Crippen molar-refractivity contribution in [2.24, 2.45) is 0 Å². The zero-order valence-electron chi connectivity index (χ0n) is 8.03. The molecule has 13 heavy (non-hydrogen) atoms. The van der Waals surface area contributed by atoms with Crippen LogP contribution in [0.5, 0.6) is 0 Å². The van der Waals surface area contributed by atoms with Gasteiger partial charge >= 0.3 is 0 Å². The Kier molecular flexibility index (Phi) is 4.87. The molecule has 1 aliphatic heterocycles. The SMILES string of the molecule is CCN1CCCC1CCNS(=O)O. The van der Waals surface area contributed by atoms with Gasteiger partial charge in [0, 0.05) is 12.6 Å². The second-order valence-electron chi connectivity index (χ2n) is 3.36. The summed E-state index contributed by atoms with van der Waals surface area (Å²) in [4.78, 5) is 2.43. The van der Waals surface area contributed by atoms with Gasteiger partial charge in [-0.1, -0.05) is 6.92 Å². The molecular weight excluding hydrogens is 188 g/mol. The third kappa shape index (κ3) is 3.72. The first kappa shape index (κ1) is 11.1. The molecule has 0 bridgehead atoms. The van der Waals surface area contributed by atoms with Crippen molar-refractivity contribution >= 4 is 11.3 Å². The summed E-state index contributed by atoms with van der Waals surface area (Å²) in [5, 5.41) is 0. The first-order valence-corrected chi connectivity index (χ1v) is 5.93. The maximum Gasteiger partial charge on any atom is 0.231 e. The highest BCUT2D eigenvalue weighted by Crippen LogP contribution is 2.18. The van der Waals surface area contributed by atoms with E-state index in [0.29, 0.717) is 12.6 Å². The van der Waals surface area contributed by atoms with Crippen LogP contribution in [-0.4, -0.2) is 39.3 Å². The Morgan fingerprint density at radius 3 is 3.08 bits per heavy atom. The molecule has 5 heteroatoms. The molecule has 4 nitrogen and oxygen atoms in total. The van der Waals surface area contributed by atoms with E-state index in [1.54, 1.807) is 0 Å². The number of rotatable bonds is 5. The highest BCUT2D eigenvalue weighted by Gasteiger charge is 2.22. The molecule has 0 radical (unpaired) electrons. The van der Waals surface area contributed by atoms with Crippen LogP contribution in [0.1, 0.15) is 26.2 Å². The molecule has 1 heterocycles. The lowest BCUT2D eigenvalue weighted by atomic mass is 10.1. The lowest BCUT2D eigenvalue weighted by Crippen LogP contribution is -2.32. The third-order valence-corrected chi connectivity index (χ3v) is 3.06. The van der Waals surface area contributed by atoms with E-state index >= 15 is 0 Å². The minimum atomic E-state index is -1.85. The first-order valence-electron chi connectivity index (χ1n) is 4.82. The molecule has 1 rings (SSSR count). The summed E-state index contributed by atoms with van der Waals surface area (Å²) in [6, 6.07) is 0.612. The lowest BCUT2D eigenvalue weighted by Gasteiger charge is -2.22. The molecule has 0 aromatic carbocycles. The van der Waals surface area contributed by atoms with Crippen molar-refractivity contribution in [1.29, 1.82) is 0 Å². The Morgan fingerprint density at radius 2 is 2.46 bits per heavy atom. The summed E-state index contributed by atoms with van der Waals surface area (Å²) in [6.07, 6.45) is 3.47. The van der Waals surface area contributed by atoms with Crippen LogP contribution in [0, 0.1) is 0 Å². The molecule has 1 aliphatic rings. The molecule has 2 unspecified atom stereocenters. The van der Waals surface area contributed by atoms with E-state index in [9.17, 15) is 4.21 Å². The Labute approximate surface area is 82.1 Å².